The molecule has 1 aromatic heterocycles. The zero-order valence-electron chi connectivity index (χ0n) is 10.3. The van der Waals surface area contributed by atoms with Crippen LogP contribution in [0.4, 0.5) is 0 Å². The highest BCUT2D eigenvalue weighted by atomic mass is 35.5. The van der Waals surface area contributed by atoms with Crippen LogP contribution < -0.4 is 0 Å². The fourth-order valence-corrected chi connectivity index (χ4v) is 2.51. The highest BCUT2D eigenvalue weighted by Gasteiger charge is 2.21. The van der Waals surface area contributed by atoms with Gasteiger partial charge in [-0.3, -0.25) is 4.55 Å². The average molecular weight is 291 g/mol. The summed E-state index contributed by atoms with van der Waals surface area (Å²) < 4.78 is 36.4. The molecule has 4 nitrogen and oxygen atoms in total. The zero-order valence-corrected chi connectivity index (χ0v) is 11.9. The van der Waals surface area contributed by atoms with Crippen LogP contribution in [0.5, 0.6) is 0 Å². The van der Waals surface area contributed by atoms with Gasteiger partial charge in [-0.05, 0) is 30.5 Å². The number of furan rings is 1. The molecule has 0 fully saturated rings. The second-order valence-electron chi connectivity index (χ2n) is 4.40. The number of benzene rings is 1. The molecule has 1 heterocycles. The Morgan fingerprint density at radius 2 is 1.89 bits per heavy atom. The quantitative estimate of drug-likeness (QED) is 0.859. The summed E-state index contributed by atoms with van der Waals surface area (Å²) >= 11 is 0. The average Bonchev–Trinajstić information content (AvgIpc) is 2.55. The molecule has 0 amide bonds. The van der Waals surface area contributed by atoms with Crippen molar-refractivity contribution in [3.8, 4) is 0 Å². The summed E-state index contributed by atoms with van der Waals surface area (Å²) in [4.78, 5) is 0. The van der Waals surface area contributed by atoms with Gasteiger partial charge in [0.1, 0.15) is 5.58 Å². The molecule has 1 N–H and O–H groups in total. The zero-order chi connectivity index (χ0) is 12.8. The lowest BCUT2D eigenvalue weighted by Gasteiger charge is -2.04. The van der Waals surface area contributed by atoms with Crippen molar-refractivity contribution >= 4 is 33.5 Å². The van der Waals surface area contributed by atoms with Crippen LogP contribution in [0.1, 0.15) is 30.9 Å². The van der Waals surface area contributed by atoms with Crippen molar-refractivity contribution in [1.29, 1.82) is 0 Å². The second kappa shape index (κ2) is 4.91. The van der Waals surface area contributed by atoms with Crippen molar-refractivity contribution in [3.05, 3.63) is 29.3 Å². The smallest absolute Gasteiger partial charge is 0.328 e. The first kappa shape index (κ1) is 15.0. The van der Waals surface area contributed by atoms with Crippen LogP contribution >= 0.6 is 12.4 Å². The lowest BCUT2D eigenvalue weighted by atomic mass is 10.0. The fourth-order valence-electron chi connectivity index (χ4n) is 1.82. The van der Waals surface area contributed by atoms with Gasteiger partial charge in [0.25, 0.3) is 0 Å². The molecule has 0 aliphatic heterocycles. The molecular weight excluding hydrogens is 276 g/mol. The SMILES string of the molecule is Cc1c(S(=O)(=O)O)oc2ccc(C(C)C)cc12.Cl. The predicted octanol–water partition coefficient (Wildman–Crippen LogP) is 3.53. The number of hydrogen-bond acceptors (Lipinski definition) is 3. The maximum atomic E-state index is 11.1. The Morgan fingerprint density at radius 1 is 1.28 bits per heavy atom. The van der Waals surface area contributed by atoms with Crippen LogP contribution in [0.2, 0.25) is 0 Å². The normalized spacial score (nSPS) is 11.8. The van der Waals surface area contributed by atoms with Gasteiger partial charge >= 0.3 is 10.1 Å². The second-order valence-corrected chi connectivity index (χ2v) is 5.72. The van der Waals surface area contributed by atoms with Gasteiger partial charge in [-0.1, -0.05) is 19.9 Å². The summed E-state index contributed by atoms with van der Waals surface area (Å²) in [6.07, 6.45) is 0. The minimum atomic E-state index is -4.30. The summed E-state index contributed by atoms with van der Waals surface area (Å²) in [5.41, 5.74) is 2.02. The molecule has 18 heavy (non-hydrogen) atoms. The van der Waals surface area contributed by atoms with E-state index in [2.05, 4.69) is 13.8 Å². The van der Waals surface area contributed by atoms with Crippen LogP contribution in [0, 0.1) is 6.92 Å². The van der Waals surface area contributed by atoms with Crippen LogP contribution in [0.15, 0.2) is 27.7 Å². The first-order valence-electron chi connectivity index (χ1n) is 5.31. The van der Waals surface area contributed by atoms with E-state index in [1.165, 1.54) is 0 Å². The van der Waals surface area contributed by atoms with Gasteiger partial charge in [-0.2, -0.15) is 8.42 Å². The Bertz CT molecular complexity index is 671. The number of hydrogen-bond donors (Lipinski definition) is 1. The summed E-state index contributed by atoms with van der Waals surface area (Å²) in [5, 5.41) is 0.359. The number of rotatable bonds is 2. The molecule has 0 saturated heterocycles. The third kappa shape index (κ3) is 2.53. The molecule has 0 aliphatic rings. The molecule has 0 unspecified atom stereocenters. The predicted molar refractivity (Wildman–Crippen MR) is 72.1 cm³/mol. The van der Waals surface area contributed by atoms with Crippen LogP contribution in [-0.2, 0) is 10.1 Å². The maximum absolute atomic E-state index is 11.1. The van der Waals surface area contributed by atoms with Gasteiger partial charge in [-0.25, -0.2) is 0 Å². The molecule has 100 valence electrons. The Morgan fingerprint density at radius 3 is 2.39 bits per heavy atom. The monoisotopic (exact) mass is 290 g/mol. The lowest BCUT2D eigenvalue weighted by Crippen LogP contribution is -1.97. The molecule has 0 bridgehead atoms. The molecule has 6 heteroatoms. The summed E-state index contributed by atoms with van der Waals surface area (Å²) in [6, 6.07) is 5.52. The maximum Gasteiger partial charge on any atom is 0.328 e. The van der Waals surface area contributed by atoms with E-state index in [1.54, 1.807) is 13.0 Å². The van der Waals surface area contributed by atoms with Gasteiger partial charge in [0.2, 0.25) is 5.09 Å². The highest BCUT2D eigenvalue weighted by Crippen LogP contribution is 2.30. The molecule has 0 radical (unpaired) electrons. The fraction of sp³-hybridized carbons (Fsp3) is 0.333. The third-order valence-electron chi connectivity index (χ3n) is 2.82. The minimum Gasteiger partial charge on any atom is -0.442 e. The van der Waals surface area contributed by atoms with Gasteiger partial charge in [0, 0.05) is 10.9 Å². The molecule has 1 aromatic carbocycles. The van der Waals surface area contributed by atoms with Crippen molar-refractivity contribution in [2.24, 2.45) is 0 Å². The molecular formula is C12H15ClO4S. The first-order valence-corrected chi connectivity index (χ1v) is 6.75. The minimum absolute atomic E-state index is 0. The topological polar surface area (TPSA) is 67.5 Å². The van der Waals surface area contributed by atoms with E-state index in [1.807, 2.05) is 12.1 Å². The van der Waals surface area contributed by atoms with Gasteiger partial charge < -0.3 is 4.42 Å². The van der Waals surface area contributed by atoms with Crippen molar-refractivity contribution in [2.45, 2.75) is 31.8 Å². The number of halogens is 1. The summed E-state index contributed by atoms with van der Waals surface area (Å²) in [6.45, 7) is 5.74. The van der Waals surface area contributed by atoms with Crippen molar-refractivity contribution in [2.75, 3.05) is 0 Å². The lowest BCUT2D eigenvalue weighted by molar-refractivity contribution is 0.421. The third-order valence-corrected chi connectivity index (χ3v) is 3.68. The van der Waals surface area contributed by atoms with Crippen LogP contribution in [0.25, 0.3) is 11.0 Å². The van der Waals surface area contributed by atoms with Crippen molar-refractivity contribution in [3.63, 3.8) is 0 Å². The van der Waals surface area contributed by atoms with E-state index in [-0.39, 0.29) is 17.5 Å². The Kier molecular flexibility index (Phi) is 4.10. The molecule has 0 saturated carbocycles. The van der Waals surface area contributed by atoms with E-state index < -0.39 is 10.1 Å². The van der Waals surface area contributed by atoms with Crippen LogP contribution in [0.3, 0.4) is 0 Å². The molecule has 2 aromatic rings. The van der Waals surface area contributed by atoms with Gasteiger partial charge in [-0.15, -0.1) is 12.4 Å². The molecule has 0 aliphatic carbocycles. The summed E-state index contributed by atoms with van der Waals surface area (Å²) in [5.74, 6) is 0.350. The Balaban J connectivity index is 0.00000162. The van der Waals surface area contributed by atoms with Crippen LogP contribution in [-0.4, -0.2) is 13.0 Å². The van der Waals surface area contributed by atoms with Gasteiger partial charge in [0.15, 0.2) is 0 Å². The van der Waals surface area contributed by atoms with E-state index >= 15 is 0 Å². The first-order chi connectivity index (χ1) is 7.80. The van der Waals surface area contributed by atoms with E-state index in [9.17, 15) is 8.42 Å². The standard InChI is InChI=1S/C12H14O4S.ClH/c1-7(2)9-4-5-11-10(6-9)8(3)12(16-11)17(13,14)15;/h4-7H,1-3H3,(H,13,14,15);1H. The highest BCUT2D eigenvalue weighted by molar-refractivity contribution is 7.85. The molecule has 0 spiro atoms. The molecule has 0 atom stereocenters. The van der Waals surface area contributed by atoms with Gasteiger partial charge in [0.05, 0.1) is 0 Å². The van der Waals surface area contributed by atoms with E-state index in [4.69, 9.17) is 8.97 Å². The largest absolute Gasteiger partial charge is 0.442 e. The Hall–Kier alpha value is -1.04. The van der Waals surface area contributed by atoms with Crippen molar-refractivity contribution < 1.29 is 17.4 Å². The van der Waals surface area contributed by atoms with Crippen molar-refractivity contribution in [1.82, 2.24) is 0 Å². The number of fused-ring (bicyclic) bond motifs is 1. The molecule has 2 rings (SSSR count). The Labute approximate surface area is 112 Å². The summed E-state index contributed by atoms with van der Waals surface area (Å²) in [7, 11) is -4.30. The van der Waals surface area contributed by atoms with E-state index in [0.29, 0.717) is 17.1 Å². The van der Waals surface area contributed by atoms with E-state index in [0.717, 1.165) is 10.9 Å². The number of aryl methyl sites for hydroxylation is 1.